The van der Waals surface area contributed by atoms with Crippen molar-refractivity contribution in [2.75, 3.05) is 19.8 Å². The number of nitrogens with one attached hydrogen (secondary N) is 1. The Kier molecular flexibility index (Phi) is 5.05. The topological polar surface area (TPSA) is 101 Å². The van der Waals surface area contributed by atoms with E-state index in [2.05, 4.69) is 16.5 Å². The fraction of sp³-hybridized carbons (Fsp3) is 0.458. The highest BCUT2D eigenvalue weighted by molar-refractivity contribution is 5.95. The zero-order valence-corrected chi connectivity index (χ0v) is 18.5. The van der Waals surface area contributed by atoms with Gasteiger partial charge >= 0.3 is 0 Å². The van der Waals surface area contributed by atoms with E-state index in [-0.39, 0.29) is 18.1 Å². The standard InChI is InChI=1S/C24H26N4O5/c1-14-20-18(33-22(14)23(29)26-10-16-4-3-9-30-16)7-6-15-11-28(27-21(15)20)12-17-13-31-24-19(32-17)5-2-8-25-24/h2,5,8,11,16-17H,3-4,6-7,9-10,12-13H2,1H3,(H,26,29)/t16-,17-/m1/s1. The van der Waals surface area contributed by atoms with Gasteiger partial charge in [-0.05, 0) is 43.9 Å². The molecule has 1 N–H and O–H groups in total. The molecule has 33 heavy (non-hydrogen) atoms. The number of hydrogen-bond acceptors (Lipinski definition) is 7. The van der Waals surface area contributed by atoms with E-state index in [1.54, 1.807) is 6.20 Å². The molecule has 172 valence electrons. The van der Waals surface area contributed by atoms with Crippen LogP contribution in [0, 0.1) is 6.92 Å². The first kappa shape index (κ1) is 20.3. The smallest absolute Gasteiger partial charge is 0.287 e. The predicted octanol–water partition coefficient (Wildman–Crippen LogP) is 2.69. The van der Waals surface area contributed by atoms with Gasteiger partial charge in [0.1, 0.15) is 12.4 Å². The van der Waals surface area contributed by atoms with Crippen molar-refractivity contribution in [2.45, 2.75) is 51.4 Å². The molecule has 3 aromatic rings. The second kappa shape index (κ2) is 8.22. The number of ether oxygens (including phenoxy) is 3. The van der Waals surface area contributed by atoms with Crippen LogP contribution >= 0.6 is 0 Å². The molecule has 6 rings (SSSR count). The van der Waals surface area contributed by atoms with E-state index >= 15 is 0 Å². The van der Waals surface area contributed by atoms with Crippen molar-refractivity contribution in [2.24, 2.45) is 0 Å². The van der Waals surface area contributed by atoms with Gasteiger partial charge in [0, 0.05) is 43.1 Å². The van der Waals surface area contributed by atoms with Crippen molar-refractivity contribution in [1.82, 2.24) is 20.1 Å². The minimum absolute atomic E-state index is 0.0925. The van der Waals surface area contributed by atoms with Gasteiger partial charge < -0.3 is 23.9 Å². The number of aryl methyl sites for hydroxylation is 2. The number of aromatic nitrogens is 3. The van der Waals surface area contributed by atoms with Crippen LogP contribution in [0.15, 0.2) is 28.9 Å². The van der Waals surface area contributed by atoms with E-state index in [9.17, 15) is 4.79 Å². The first-order valence-electron chi connectivity index (χ1n) is 11.5. The summed E-state index contributed by atoms with van der Waals surface area (Å²) in [6, 6.07) is 3.68. The third kappa shape index (κ3) is 3.76. The van der Waals surface area contributed by atoms with Crippen LogP contribution in [0.3, 0.4) is 0 Å². The molecule has 0 unspecified atom stereocenters. The number of rotatable bonds is 5. The van der Waals surface area contributed by atoms with Gasteiger partial charge in [0.05, 0.1) is 18.3 Å². The first-order chi connectivity index (χ1) is 16.2. The molecule has 1 saturated heterocycles. The van der Waals surface area contributed by atoms with Crippen molar-refractivity contribution in [3.05, 3.63) is 47.2 Å². The molecule has 5 heterocycles. The molecule has 1 amide bonds. The Balaban J connectivity index is 1.19. The van der Waals surface area contributed by atoms with Gasteiger partial charge in [-0.15, -0.1) is 0 Å². The molecule has 0 saturated carbocycles. The highest BCUT2D eigenvalue weighted by Gasteiger charge is 2.31. The third-order valence-electron chi connectivity index (χ3n) is 6.46. The summed E-state index contributed by atoms with van der Waals surface area (Å²) >= 11 is 0. The Bertz CT molecular complexity index is 1190. The summed E-state index contributed by atoms with van der Waals surface area (Å²) in [5.74, 6) is 2.17. The maximum absolute atomic E-state index is 12.8. The third-order valence-corrected chi connectivity index (χ3v) is 6.46. The Morgan fingerprint density at radius 1 is 1.30 bits per heavy atom. The predicted molar refractivity (Wildman–Crippen MR) is 118 cm³/mol. The molecule has 0 aromatic carbocycles. The minimum Gasteiger partial charge on any atom is -0.479 e. The van der Waals surface area contributed by atoms with E-state index in [0.717, 1.165) is 60.4 Å². The number of nitrogens with zero attached hydrogens (tertiary/aromatic N) is 3. The molecule has 3 aliphatic rings. The lowest BCUT2D eigenvalue weighted by Crippen LogP contribution is -2.33. The normalized spacial score (nSPS) is 20.9. The Morgan fingerprint density at radius 3 is 3.12 bits per heavy atom. The number of carbonyl (C=O) groups excluding carboxylic acids is 1. The van der Waals surface area contributed by atoms with E-state index in [4.69, 9.17) is 23.7 Å². The average molecular weight is 450 g/mol. The monoisotopic (exact) mass is 450 g/mol. The van der Waals surface area contributed by atoms with Gasteiger partial charge in [-0.1, -0.05) is 0 Å². The van der Waals surface area contributed by atoms with Gasteiger partial charge in [0.15, 0.2) is 17.6 Å². The molecule has 3 aromatic heterocycles. The molecule has 0 spiro atoms. The minimum atomic E-state index is -0.196. The number of amides is 1. The summed E-state index contributed by atoms with van der Waals surface area (Å²) in [6.45, 7) is 4.18. The summed E-state index contributed by atoms with van der Waals surface area (Å²) in [4.78, 5) is 17.0. The van der Waals surface area contributed by atoms with E-state index in [1.807, 2.05) is 23.7 Å². The number of furan rings is 1. The summed E-state index contributed by atoms with van der Waals surface area (Å²) < 4.78 is 25.3. The fourth-order valence-corrected chi connectivity index (χ4v) is 4.82. The van der Waals surface area contributed by atoms with Crippen molar-refractivity contribution >= 4 is 5.91 Å². The number of pyridine rings is 1. The molecule has 1 aliphatic carbocycles. The Labute approximate surface area is 191 Å². The molecule has 1 fully saturated rings. The van der Waals surface area contributed by atoms with Gasteiger partial charge in [-0.25, -0.2) is 4.98 Å². The van der Waals surface area contributed by atoms with Crippen molar-refractivity contribution in [3.8, 4) is 22.9 Å². The molecule has 2 atom stereocenters. The van der Waals surface area contributed by atoms with Crippen LogP contribution in [-0.4, -0.2) is 52.6 Å². The first-order valence-corrected chi connectivity index (χ1v) is 11.5. The summed E-state index contributed by atoms with van der Waals surface area (Å²) in [5, 5.41) is 7.80. The zero-order chi connectivity index (χ0) is 22.4. The van der Waals surface area contributed by atoms with Gasteiger partial charge in [-0.2, -0.15) is 5.10 Å². The van der Waals surface area contributed by atoms with Gasteiger partial charge in [-0.3, -0.25) is 9.48 Å². The largest absolute Gasteiger partial charge is 0.479 e. The highest BCUT2D eigenvalue weighted by atomic mass is 16.6. The van der Waals surface area contributed by atoms with Crippen LogP contribution in [0.25, 0.3) is 11.3 Å². The summed E-state index contributed by atoms with van der Waals surface area (Å²) in [7, 11) is 0. The van der Waals surface area contributed by atoms with Crippen LogP contribution in [0.4, 0.5) is 0 Å². The lowest BCUT2D eigenvalue weighted by Gasteiger charge is -2.25. The SMILES string of the molecule is Cc1c(C(=O)NC[C@H]2CCCO2)oc2c1-c1nn(C[C@@H]3COc4ncccc4O3)cc1CC2. The Morgan fingerprint density at radius 2 is 2.24 bits per heavy atom. The van der Waals surface area contributed by atoms with Crippen LogP contribution in [0.5, 0.6) is 11.6 Å². The van der Waals surface area contributed by atoms with Crippen LogP contribution < -0.4 is 14.8 Å². The molecular weight excluding hydrogens is 424 g/mol. The Hall–Kier alpha value is -3.33. The van der Waals surface area contributed by atoms with Crippen molar-refractivity contribution in [1.29, 1.82) is 0 Å². The van der Waals surface area contributed by atoms with E-state index < -0.39 is 0 Å². The maximum atomic E-state index is 12.8. The summed E-state index contributed by atoms with van der Waals surface area (Å²) in [5.41, 5.74) is 3.80. The van der Waals surface area contributed by atoms with Crippen LogP contribution in [-0.2, 0) is 24.1 Å². The molecule has 9 nitrogen and oxygen atoms in total. The lowest BCUT2D eigenvalue weighted by atomic mass is 9.93. The fourth-order valence-electron chi connectivity index (χ4n) is 4.82. The molecule has 0 radical (unpaired) electrons. The maximum Gasteiger partial charge on any atom is 0.287 e. The van der Waals surface area contributed by atoms with E-state index in [1.165, 1.54) is 0 Å². The molecule has 9 heteroatoms. The van der Waals surface area contributed by atoms with Crippen molar-refractivity contribution < 1.29 is 23.4 Å². The molecule has 0 bridgehead atoms. The lowest BCUT2D eigenvalue weighted by molar-refractivity contribution is 0.0716. The second-order valence-electron chi connectivity index (χ2n) is 8.78. The average Bonchev–Trinajstić information content (AvgIpc) is 3.56. The number of carbonyl (C=O) groups is 1. The van der Waals surface area contributed by atoms with E-state index in [0.29, 0.717) is 37.1 Å². The molecular formula is C24H26N4O5. The second-order valence-corrected chi connectivity index (χ2v) is 8.78. The number of hydrogen-bond donors (Lipinski definition) is 1. The van der Waals surface area contributed by atoms with Gasteiger partial charge in [0.25, 0.3) is 11.8 Å². The summed E-state index contributed by atoms with van der Waals surface area (Å²) in [6.07, 6.45) is 7.27. The van der Waals surface area contributed by atoms with Crippen molar-refractivity contribution in [3.63, 3.8) is 0 Å². The quantitative estimate of drug-likeness (QED) is 0.638. The van der Waals surface area contributed by atoms with Gasteiger partial charge in [0.2, 0.25) is 0 Å². The zero-order valence-electron chi connectivity index (χ0n) is 18.5. The number of fused-ring (bicyclic) bond motifs is 4. The highest BCUT2D eigenvalue weighted by Crippen LogP contribution is 2.38. The molecule has 2 aliphatic heterocycles. The van der Waals surface area contributed by atoms with Crippen LogP contribution in [0.2, 0.25) is 0 Å². The van der Waals surface area contributed by atoms with Crippen LogP contribution in [0.1, 0.15) is 40.3 Å².